The zero-order valence-electron chi connectivity index (χ0n) is 13.2. The van der Waals surface area contributed by atoms with E-state index in [2.05, 4.69) is 16.9 Å². The van der Waals surface area contributed by atoms with Crippen LogP contribution in [-0.2, 0) is 19.1 Å². The fourth-order valence-corrected chi connectivity index (χ4v) is 1.60. The van der Waals surface area contributed by atoms with E-state index in [-0.39, 0.29) is 12.2 Å². The first-order valence-corrected chi connectivity index (χ1v) is 6.83. The van der Waals surface area contributed by atoms with Crippen molar-refractivity contribution in [3.63, 3.8) is 0 Å². The Kier molecular flexibility index (Phi) is 6.70. The third-order valence-electron chi connectivity index (χ3n) is 2.81. The third kappa shape index (κ3) is 5.76. The van der Waals surface area contributed by atoms with Gasteiger partial charge in [-0.3, -0.25) is 5.32 Å². The van der Waals surface area contributed by atoms with E-state index in [1.165, 1.54) is 13.0 Å². The highest BCUT2D eigenvalue weighted by Gasteiger charge is 2.14. The first kappa shape index (κ1) is 18.1. The normalized spacial score (nSPS) is 10.9. The van der Waals surface area contributed by atoms with E-state index in [0.717, 1.165) is 0 Å². The smallest absolute Gasteiger partial charge is 0.412 e. The summed E-state index contributed by atoms with van der Waals surface area (Å²) in [6.07, 6.45) is 0.111. The Labute approximate surface area is 134 Å². The summed E-state index contributed by atoms with van der Waals surface area (Å²) in [6, 6.07) is 4.90. The number of benzene rings is 1. The van der Waals surface area contributed by atoms with Crippen molar-refractivity contribution in [2.75, 3.05) is 11.9 Å². The number of carbonyl (C=O) groups excluding carboxylic acids is 3. The number of ether oxygens (including phenoxy) is 2. The number of aliphatic imine (C=N–C) groups is 1. The summed E-state index contributed by atoms with van der Waals surface area (Å²) in [7, 11) is 0. The molecule has 0 radical (unpaired) electrons. The minimum Gasteiger partial charge on any atom is -0.458 e. The Morgan fingerprint density at radius 2 is 2.13 bits per heavy atom. The lowest BCUT2D eigenvalue weighted by atomic mass is 10.1. The molecule has 7 nitrogen and oxygen atoms in total. The van der Waals surface area contributed by atoms with Gasteiger partial charge in [-0.1, -0.05) is 12.6 Å². The molecule has 1 aromatic rings. The predicted octanol–water partition coefficient (Wildman–Crippen LogP) is 3.02. The standard InChI is InChI=1S/C16H18N2O5/c1-10(2)15(20)22-8-11(3)23-16(21)18-14-7-5-6-13(12(14)4)17-9-19/h5-7,11H,1,8H2,2-4H3,(H,18,21). The van der Waals surface area contributed by atoms with Crippen LogP contribution in [0.1, 0.15) is 19.4 Å². The number of hydrogen-bond acceptors (Lipinski definition) is 6. The first-order valence-electron chi connectivity index (χ1n) is 6.83. The number of amides is 1. The number of anilines is 1. The molecular formula is C16H18N2O5. The Balaban J connectivity index is 2.60. The summed E-state index contributed by atoms with van der Waals surface area (Å²) in [5.74, 6) is -0.545. The molecule has 1 unspecified atom stereocenters. The minimum atomic E-state index is -0.709. The van der Waals surface area contributed by atoms with Gasteiger partial charge in [-0.25, -0.2) is 14.4 Å². The molecule has 0 aliphatic carbocycles. The van der Waals surface area contributed by atoms with Gasteiger partial charge in [0.1, 0.15) is 12.7 Å². The third-order valence-corrected chi connectivity index (χ3v) is 2.81. The van der Waals surface area contributed by atoms with Crippen molar-refractivity contribution in [2.24, 2.45) is 4.99 Å². The largest absolute Gasteiger partial charge is 0.458 e. The number of hydrogen-bond donors (Lipinski definition) is 1. The monoisotopic (exact) mass is 318 g/mol. The summed E-state index contributed by atoms with van der Waals surface area (Å²) in [5, 5.41) is 2.54. The maximum absolute atomic E-state index is 11.8. The van der Waals surface area contributed by atoms with E-state index in [1.807, 2.05) is 0 Å². The van der Waals surface area contributed by atoms with Gasteiger partial charge in [-0.05, 0) is 38.5 Å². The van der Waals surface area contributed by atoms with Gasteiger partial charge in [0.05, 0.1) is 5.69 Å². The predicted molar refractivity (Wildman–Crippen MR) is 84.3 cm³/mol. The van der Waals surface area contributed by atoms with Crippen molar-refractivity contribution in [3.8, 4) is 0 Å². The molecule has 0 heterocycles. The number of rotatable bonds is 6. The van der Waals surface area contributed by atoms with E-state index in [0.29, 0.717) is 16.9 Å². The molecule has 0 bridgehead atoms. The van der Waals surface area contributed by atoms with Gasteiger partial charge in [0.25, 0.3) is 0 Å². The van der Waals surface area contributed by atoms with Crippen LogP contribution in [0, 0.1) is 6.92 Å². The zero-order valence-corrected chi connectivity index (χ0v) is 13.2. The van der Waals surface area contributed by atoms with E-state index in [1.54, 1.807) is 32.0 Å². The van der Waals surface area contributed by atoms with Crippen LogP contribution in [0.15, 0.2) is 35.3 Å². The van der Waals surface area contributed by atoms with Gasteiger partial charge in [0, 0.05) is 11.3 Å². The van der Waals surface area contributed by atoms with Crippen molar-refractivity contribution in [1.29, 1.82) is 0 Å². The van der Waals surface area contributed by atoms with Crippen molar-refractivity contribution in [1.82, 2.24) is 0 Å². The molecule has 1 aromatic carbocycles. The lowest BCUT2D eigenvalue weighted by Crippen LogP contribution is -2.25. The van der Waals surface area contributed by atoms with Gasteiger partial charge in [0.15, 0.2) is 0 Å². The highest BCUT2D eigenvalue weighted by atomic mass is 16.6. The molecule has 0 aromatic heterocycles. The Bertz CT molecular complexity index is 662. The van der Waals surface area contributed by atoms with Crippen molar-refractivity contribution < 1.29 is 23.9 Å². The first-order chi connectivity index (χ1) is 10.8. The van der Waals surface area contributed by atoms with Crippen molar-refractivity contribution in [2.45, 2.75) is 26.9 Å². The second-order valence-electron chi connectivity index (χ2n) is 4.87. The van der Waals surface area contributed by atoms with E-state index in [4.69, 9.17) is 9.47 Å². The highest BCUT2D eigenvalue weighted by molar-refractivity contribution is 5.87. The van der Waals surface area contributed by atoms with Crippen LogP contribution in [0.5, 0.6) is 0 Å². The van der Waals surface area contributed by atoms with E-state index >= 15 is 0 Å². The van der Waals surface area contributed by atoms with Gasteiger partial charge in [0.2, 0.25) is 6.08 Å². The molecule has 0 aliphatic heterocycles. The van der Waals surface area contributed by atoms with E-state index in [9.17, 15) is 14.4 Å². The minimum absolute atomic E-state index is 0.0758. The molecule has 0 spiro atoms. The van der Waals surface area contributed by atoms with Crippen LogP contribution in [-0.4, -0.2) is 30.9 Å². The second-order valence-corrected chi connectivity index (χ2v) is 4.87. The molecule has 1 atom stereocenters. The quantitative estimate of drug-likeness (QED) is 0.376. The summed E-state index contributed by atoms with van der Waals surface area (Å²) in [6.45, 7) is 8.19. The SMILES string of the molecule is C=C(C)C(=O)OCC(C)OC(=O)Nc1cccc(N=C=O)c1C. The maximum Gasteiger partial charge on any atom is 0.412 e. The van der Waals surface area contributed by atoms with Gasteiger partial charge < -0.3 is 9.47 Å². The summed E-state index contributed by atoms with van der Waals surface area (Å²) >= 11 is 0. The Morgan fingerprint density at radius 3 is 2.74 bits per heavy atom. The molecular weight excluding hydrogens is 300 g/mol. The lowest BCUT2D eigenvalue weighted by Gasteiger charge is -2.15. The number of carbonyl (C=O) groups is 2. The van der Waals surface area contributed by atoms with Gasteiger partial charge in [-0.15, -0.1) is 0 Å². The summed E-state index contributed by atoms with van der Waals surface area (Å²) in [4.78, 5) is 36.9. The molecule has 0 saturated heterocycles. The molecule has 1 N–H and O–H groups in total. The van der Waals surface area contributed by atoms with Crippen LogP contribution < -0.4 is 5.32 Å². The number of esters is 1. The molecule has 1 amide bonds. The second kappa shape index (κ2) is 8.51. The average Bonchev–Trinajstić information content (AvgIpc) is 2.48. The number of nitrogens with one attached hydrogen (secondary N) is 1. The number of nitrogens with zero attached hydrogens (tertiary/aromatic N) is 1. The lowest BCUT2D eigenvalue weighted by molar-refractivity contribution is -0.141. The fourth-order valence-electron chi connectivity index (χ4n) is 1.60. The Hall–Kier alpha value is -2.92. The summed E-state index contributed by atoms with van der Waals surface area (Å²) < 4.78 is 9.96. The highest BCUT2D eigenvalue weighted by Crippen LogP contribution is 2.25. The molecule has 7 heteroatoms. The van der Waals surface area contributed by atoms with Gasteiger partial charge in [-0.2, -0.15) is 4.99 Å². The molecule has 0 fully saturated rings. The van der Waals surface area contributed by atoms with Crippen LogP contribution in [0.3, 0.4) is 0 Å². The van der Waals surface area contributed by atoms with Crippen LogP contribution in [0.4, 0.5) is 16.2 Å². The summed E-state index contributed by atoms with van der Waals surface area (Å²) in [5.41, 5.74) is 1.73. The average molecular weight is 318 g/mol. The van der Waals surface area contributed by atoms with Crippen LogP contribution in [0.25, 0.3) is 0 Å². The molecule has 1 rings (SSSR count). The topological polar surface area (TPSA) is 94.1 Å². The molecule has 0 saturated carbocycles. The number of isocyanates is 1. The van der Waals surface area contributed by atoms with E-state index < -0.39 is 18.2 Å². The fraction of sp³-hybridized carbons (Fsp3) is 0.312. The van der Waals surface area contributed by atoms with Crippen LogP contribution >= 0.6 is 0 Å². The Morgan fingerprint density at radius 1 is 1.43 bits per heavy atom. The molecule has 23 heavy (non-hydrogen) atoms. The maximum atomic E-state index is 11.8. The molecule has 0 aliphatic rings. The molecule has 122 valence electrons. The van der Waals surface area contributed by atoms with Crippen molar-refractivity contribution in [3.05, 3.63) is 35.9 Å². The zero-order chi connectivity index (χ0) is 17.4. The van der Waals surface area contributed by atoms with Crippen LogP contribution in [0.2, 0.25) is 0 Å². The van der Waals surface area contributed by atoms with Gasteiger partial charge >= 0.3 is 12.1 Å². The van der Waals surface area contributed by atoms with Crippen molar-refractivity contribution >= 4 is 29.5 Å².